The normalized spacial score (nSPS) is 10.5. The van der Waals surface area contributed by atoms with Crippen LogP contribution in [0.25, 0.3) is 0 Å². The van der Waals surface area contributed by atoms with Crippen LogP contribution in [0.4, 0.5) is 4.39 Å². The number of rotatable bonds is 3. The fourth-order valence-electron chi connectivity index (χ4n) is 1.64. The van der Waals surface area contributed by atoms with Crippen LogP contribution in [0.3, 0.4) is 0 Å². The highest BCUT2D eigenvalue weighted by Gasteiger charge is 2.03. The molecule has 0 saturated carbocycles. The fraction of sp³-hybridized carbons (Fsp3) is 0.214. The predicted molar refractivity (Wildman–Crippen MR) is 64.5 cm³/mol. The number of pyridine rings is 1. The number of aryl methyl sites for hydroxylation is 1. The number of halogens is 1. The smallest absolute Gasteiger partial charge is 0.165 e. The minimum atomic E-state index is -0.590. The molecule has 0 atom stereocenters. The van der Waals surface area contributed by atoms with Gasteiger partial charge in [-0.1, -0.05) is 19.1 Å². The molecule has 0 radical (unpaired) electrons. The second-order valence-corrected chi connectivity index (χ2v) is 3.97. The van der Waals surface area contributed by atoms with E-state index in [0.717, 1.165) is 17.7 Å². The van der Waals surface area contributed by atoms with Gasteiger partial charge >= 0.3 is 0 Å². The van der Waals surface area contributed by atoms with Gasteiger partial charge in [-0.25, -0.2) is 4.39 Å². The summed E-state index contributed by atoms with van der Waals surface area (Å²) in [6, 6.07) is 8.38. The SMILES string of the molecule is CCc1ccc(Cc2ccc(O)c(F)c2)nc1. The van der Waals surface area contributed by atoms with Crippen LogP contribution >= 0.6 is 0 Å². The van der Waals surface area contributed by atoms with Gasteiger partial charge in [0.05, 0.1) is 0 Å². The maximum atomic E-state index is 13.1. The lowest BCUT2D eigenvalue weighted by Gasteiger charge is -2.03. The lowest BCUT2D eigenvalue weighted by Crippen LogP contribution is -1.94. The van der Waals surface area contributed by atoms with E-state index in [2.05, 4.69) is 11.9 Å². The predicted octanol–water partition coefficient (Wildman–Crippen LogP) is 3.08. The van der Waals surface area contributed by atoms with Crippen molar-refractivity contribution in [3.8, 4) is 5.75 Å². The van der Waals surface area contributed by atoms with Crippen molar-refractivity contribution in [1.82, 2.24) is 4.98 Å². The average molecular weight is 231 g/mol. The zero-order valence-corrected chi connectivity index (χ0v) is 9.65. The molecule has 1 heterocycles. The number of phenolic OH excluding ortho intramolecular Hbond substituents is 1. The molecule has 2 nitrogen and oxygen atoms in total. The Morgan fingerprint density at radius 3 is 2.53 bits per heavy atom. The van der Waals surface area contributed by atoms with Crippen molar-refractivity contribution >= 4 is 0 Å². The fourth-order valence-corrected chi connectivity index (χ4v) is 1.64. The Labute approximate surface area is 99.8 Å². The molecule has 88 valence electrons. The first-order valence-electron chi connectivity index (χ1n) is 5.60. The van der Waals surface area contributed by atoms with Crippen molar-refractivity contribution in [2.24, 2.45) is 0 Å². The minimum Gasteiger partial charge on any atom is -0.505 e. The molecular weight excluding hydrogens is 217 g/mol. The zero-order chi connectivity index (χ0) is 12.3. The van der Waals surface area contributed by atoms with Crippen LogP contribution in [0, 0.1) is 5.82 Å². The summed E-state index contributed by atoms with van der Waals surface area (Å²) in [4.78, 5) is 4.31. The summed E-state index contributed by atoms with van der Waals surface area (Å²) >= 11 is 0. The molecule has 0 fully saturated rings. The molecule has 0 aliphatic carbocycles. The van der Waals surface area contributed by atoms with E-state index in [1.165, 1.54) is 17.7 Å². The van der Waals surface area contributed by atoms with Gasteiger partial charge in [-0.15, -0.1) is 0 Å². The van der Waals surface area contributed by atoms with E-state index in [-0.39, 0.29) is 5.75 Å². The Bertz CT molecular complexity index is 508. The molecule has 0 saturated heterocycles. The average Bonchev–Trinajstić information content (AvgIpc) is 2.35. The van der Waals surface area contributed by atoms with Crippen LogP contribution in [0.1, 0.15) is 23.7 Å². The molecule has 1 N–H and O–H groups in total. The molecule has 1 aromatic heterocycles. The summed E-state index contributed by atoms with van der Waals surface area (Å²) in [5.74, 6) is -0.907. The van der Waals surface area contributed by atoms with Gasteiger partial charge in [0.25, 0.3) is 0 Å². The highest BCUT2D eigenvalue weighted by Crippen LogP contribution is 2.18. The van der Waals surface area contributed by atoms with Crippen molar-refractivity contribution in [1.29, 1.82) is 0 Å². The molecule has 2 aromatic rings. The lowest BCUT2D eigenvalue weighted by molar-refractivity contribution is 0.432. The summed E-state index contributed by atoms with van der Waals surface area (Å²) in [5.41, 5.74) is 2.88. The van der Waals surface area contributed by atoms with E-state index >= 15 is 0 Å². The third-order valence-electron chi connectivity index (χ3n) is 2.69. The van der Waals surface area contributed by atoms with E-state index in [0.29, 0.717) is 6.42 Å². The van der Waals surface area contributed by atoms with Crippen LogP contribution in [0.2, 0.25) is 0 Å². The monoisotopic (exact) mass is 231 g/mol. The highest BCUT2D eigenvalue weighted by molar-refractivity contribution is 5.30. The second-order valence-electron chi connectivity index (χ2n) is 3.97. The van der Waals surface area contributed by atoms with Crippen molar-refractivity contribution in [2.75, 3.05) is 0 Å². The first-order valence-corrected chi connectivity index (χ1v) is 5.60. The topological polar surface area (TPSA) is 33.1 Å². The number of aromatic hydroxyl groups is 1. The van der Waals surface area contributed by atoms with Gasteiger partial charge in [0, 0.05) is 18.3 Å². The second kappa shape index (κ2) is 4.95. The molecule has 17 heavy (non-hydrogen) atoms. The number of hydrogen-bond donors (Lipinski definition) is 1. The van der Waals surface area contributed by atoms with E-state index in [4.69, 9.17) is 5.11 Å². The summed E-state index contributed by atoms with van der Waals surface area (Å²) in [7, 11) is 0. The number of hydrogen-bond acceptors (Lipinski definition) is 2. The third kappa shape index (κ3) is 2.81. The Hall–Kier alpha value is -1.90. The minimum absolute atomic E-state index is 0.317. The van der Waals surface area contributed by atoms with Gasteiger partial charge in [0.1, 0.15) is 0 Å². The zero-order valence-electron chi connectivity index (χ0n) is 9.65. The van der Waals surface area contributed by atoms with E-state index in [1.807, 2.05) is 18.3 Å². The molecule has 0 aliphatic rings. The van der Waals surface area contributed by atoms with Gasteiger partial charge in [0.15, 0.2) is 11.6 Å². The quantitative estimate of drug-likeness (QED) is 0.880. The molecule has 2 rings (SSSR count). The van der Waals surface area contributed by atoms with Crippen molar-refractivity contribution < 1.29 is 9.50 Å². The summed E-state index contributed by atoms with van der Waals surface area (Å²) in [6.07, 6.45) is 3.37. The molecule has 0 amide bonds. The standard InChI is InChI=1S/C14H14FNO/c1-2-10-3-5-12(16-9-10)7-11-4-6-14(17)13(15)8-11/h3-6,8-9,17H,2,7H2,1H3. The first kappa shape index (κ1) is 11.6. The Balaban J connectivity index is 2.16. The molecule has 3 heteroatoms. The Morgan fingerprint density at radius 1 is 1.18 bits per heavy atom. The molecule has 1 aromatic carbocycles. The largest absolute Gasteiger partial charge is 0.505 e. The summed E-state index contributed by atoms with van der Waals surface area (Å²) < 4.78 is 13.1. The van der Waals surface area contributed by atoms with Gasteiger partial charge in [0.2, 0.25) is 0 Å². The van der Waals surface area contributed by atoms with Crippen LogP contribution in [-0.2, 0) is 12.8 Å². The van der Waals surface area contributed by atoms with Crippen LogP contribution in [0.5, 0.6) is 5.75 Å². The van der Waals surface area contributed by atoms with Crippen molar-refractivity contribution in [3.05, 3.63) is 59.2 Å². The number of phenols is 1. The molecular formula is C14H14FNO. The van der Waals surface area contributed by atoms with Crippen LogP contribution in [0.15, 0.2) is 36.5 Å². The van der Waals surface area contributed by atoms with Gasteiger partial charge < -0.3 is 5.11 Å². The Morgan fingerprint density at radius 2 is 1.94 bits per heavy atom. The molecule has 0 aliphatic heterocycles. The number of benzene rings is 1. The van der Waals surface area contributed by atoms with Gasteiger partial charge in [-0.05, 0) is 35.7 Å². The lowest BCUT2D eigenvalue weighted by atomic mass is 10.1. The van der Waals surface area contributed by atoms with Crippen molar-refractivity contribution in [3.63, 3.8) is 0 Å². The van der Waals surface area contributed by atoms with E-state index in [9.17, 15) is 4.39 Å². The van der Waals surface area contributed by atoms with Crippen LogP contribution in [-0.4, -0.2) is 10.1 Å². The van der Waals surface area contributed by atoms with Crippen LogP contribution < -0.4 is 0 Å². The summed E-state index contributed by atoms with van der Waals surface area (Å²) in [5, 5.41) is 9.09. The van der Waals surface area contributed by atoms with Gasteiger partial charge in [-0.2, -0.15) is 0 Å². The molecule has 0 bridgehead atoms. The molecule has 0 spiro atoms. The third-order valence-corrected chi connectivity index (χ3v) is 2.69. The summed E-state index contributed by atoms with van der Waals surface area (Å²) in [6.45, 7) is 2.08. The Kier molecular flexibility index (Phi) is 3.38. The molecule has 0 unspecified atom stereocenters. The number of aromatic nitrogens is 1. The van der Waals surface area contributed by atoms with E-state index < -0.39 is 5.82 Å². The highest BCUT2D eigenvalue weighted by atomic mass is 19.1. The van der Waals surface area contributed by atoms with Gasteiger partial charge in [-0.3, -0.25) is 4.98 Å². The van der Waals surface area contributed by atoms with E-state index in [1.54, 1.807) is 6.07 Å². The van der Waals surface area contributed by atoms with Crippen molar-refractivity contribution in [2.45, 2.75) is 19.8 Å². The maximum Gasteiger partial charge on any atom is 0.165 e. The maximum absolute atomic E-state index is 13.1. The number of nitrogens with zero attached hydrogens (tertiary/aromatic N) is 1. The first-order chi connectivity index (χ1) is 8.19.